The van der Waals surface area contributed by atoms with E-state index < -0.39 is 30.1 Å². The highest BCUT2D eigenvalue weighted by atomic mass is 19.4. The zero-order valence-corrected chi connectivity index (χ0v) is 9.21. The van der Waals surface area contributed by atoms with E-state index in [4.69, 9.17) is 5.73 Å². The maximum Gasteiger partial charge on any atom is 0.400 e. The number of H-pyrrole nitrogens is 1. The first-order chi connectivity index (χ1) is 8.21. The molecule has 1 aromatic heterocycles. The Labute approximate surface area is 98.6 Å². The molecule has 0 aromatic carbocycles. The molecule has 100 valence electrons. The van der Waals surface area contributed by atoms with Gasteiger partial charge >= 0.3 is 6.18 Å². The molecular formula is C8H10F3N5O2. The van der Waals surface area contributed by atoms with Crippen LogP contribution in [0, 0.1) is 5.92 Å². The van der Waals surface area contributed by atoms with Gasteiger partial charge < -0.3 is 11.1 Å². The first kappa shape index (κ1) is 13.9. The van der Waals surface area contributed by atoms with Crippen LogP contribution in [0.25, 0.3) is 0 Å². The van der Waals surface area contributed by atoms with Gasteiger partial charge in [-0.15, -0.1) is 10.2 Å². The number of nitrogens with one attached hydrogen (secondary N) is 2. The number of rotatable bonds is 3. The zero-order chi connectivity index (χ0) is 13.9. The van der Waals surface area contributed by atoms with Gasteiger partial charge in [0.15, 0.2) is 0 Å². The summed E-state index contributed by atoms with van der Waals surface area (Å²) in [6.45, 7) is 0.260. The van der Waals surface area contributed by atoms with E-state index in [0.717, 1.165) is 0 Å². The van der Waals surface area contributed by atoms with Gasteiger partial charge in [-0.2, -0.15) is 13.2 Å². The number of anilines is 1. The summed E-state index contributed by atoms with van der Waals surface area (Å²) >= 11 is 0. The lowest BCUT2D eigenvalue weighted by molar-refractivity contribution is -0.178. The van der Waals surface area contributed by atoms with Crippen molar-refractivity contribution in [1.82, 2.24) is 20.5 Å². The number of nitrogen functional groups attached to an aromatic ring is 1. The molecule has 0 aliphatic carbocycles. The standard InChI is InChI=1S/C8H10F3N5O2/c1-3(8(9,10)11)5(17)13-2-4-6(18)14-7(12)16-15-4/h3H,2H2,1H3,(H,13,17)(H3,12,14,16,18). The summed E-state index contributed by atoms with van der Waals surface area (Å²) in [6.07, 6.45) is -4.64. The number of hydrogen-bond donors (Lipinski definition) is 3. The van der Waals surface area contributed by atoms with Crippen molar-refractivity contribution in [3.05, 3.63) is 16.0 Å². The fraction of sp³-hybridized carbons (Fsp3) is 0.500. The highest BCUT2D eigenvalue weighted by Crippen LogP contribution is 2.25. The molecule has 1 rings (SSSR count). The minimum Gasteiger partial charge on any atom is -0.368 e. The van der Waals surface area contributed by atoms with Gasteiger partial charge in [0.1, 0.15) is 11.6 Å². The van der Waals surface area contributed by atoms with Crippen molar-refractivity contribution in [1.29, 1.82) is 0 Å². The number of nitrogens with zero attached hydrogens (tertiary/aromatic N) is 2. The van der Waals surface area contributed by atoms with Gasteiger partial charge in [-0.05, 0) is 6.92 Å². The van der Waals surface area contributed by atoms with Crippen molar-refractivity contribution in [3.63, 3.8) is 0 Å². The Morgan fingerprint density at radius 3 is 2.61 bits per heavy atom. The molecule has 0 bridgehead atoms. The molecule has 0 fully saturated rings. The number of nitrogens with two attached hydrogens (primary N) is 1. The summed E-state index contributed by atoms with van der Waals surface area (Å²) in [5.74, 6) is -3.64. The van der Waals surface area contributed by atoms with Gasteiger partial charge in [-0.3, -0.25) is 14.6 Å². The second kappa shape index (κ2) is 5.02. The predicted molar refractivity (Wildman–Crippen MR) is 54.1 cm³/mol. The quantitative estimate of drug-likeness (QED) is 0.685. The molecule has 0 saturated carbocycles. The SMILES string of the molecule is CC(C(=O)NCc1nnc(N)[nH]c1=O)C(F)(F)F. The summed E-state index contributed by atoms with van der Waals surface area (Å²) in [5.41, 5.74) is 4.17. The highest BCUT2D eigenvalue weighted by Gasteiger charge is 2.40. The molecule has 1 heterocycles. The number of aromatic amines is 1. The molecule has 1 atom stereocenters. The largest absolute Gasteiger partial charge is 0.400 e. The minimum atomic E-state index is -4.64. The molecule has 7 nitrogen and oxygen atoms in total. The van der Waals surface area contributed by atoms with Crippen molar-refractivity contribution < 1.29 is 18.0 Å². The van der Waals surface area contributed by atoms with E-state index in [2.05, 4.69) is 15.2 Å². The lowest BCUT2D eigenvalue weighted by Crippen LogP contribution is -2.38. The van der Waals surface area contributed by atoms with E-state index in [9.17, 15) is 22.8 Å². The first-order valence-electron chi connectivity index (χ1n) is 4.77. The van der Waals surface area contributed by atoms with Gasteiger partial charge in [0.05, 0.1) is 6.54 Å². The second-order valence-corrected chi connectivity index (χ2v) is 3.47. The topological polar surface area (TPSA) is 114 Å². The molecule has 1 aromatic rings. The van der Waals surface area contributed by atoms with Gasteiger partial charge in [-0.1, -0.05) is 0 Å². The predicted octanol–water partition coefficient (Wildman–Crippen LogP) is -0.438. The van der Waals surface area contributed by atoms with Crippen molar-refractivity contribution >= 4 is 11.9 Å². The third-order valence-electron chi connectivity index (χ3n) is 2.10. The van der Waals surface area contributed by atoms with E-state index in [0.29, 0.717) is 6.92 Å². The number of hydrogen-bond acceptors (Lipinski definition) is 5. The fourth-order valence-corrected chi connectivity index (χ4v) is 0.961. The maximum absolute atomic E-state index is 12.2. The van der Waals surface area contributed by atoms with Crippen molar-refractivity contribution in [2.45, 2.75) is 19.6 Å². The van der Waals surface area contributed by atoms with Crippen LogP contribution in [-0.4, -0.2) is 27.3 Å². The summed E-state index contributed by atoms with van der Waals surface area (Å²) in [7, 11) is 0. The Morgan fingerprint density at radius 1 is 1.50 bits per heavy atom. The smallest absolute Gasteiger partial charge is 0.368 e. The minimum absolute atomic E-state index is 0.223. The number of carbonyl (C=O) groups excluding carboxylic acids is 1. The molecule has 0 saturated heterocycles. The Bertz CT molecular complexity index is 498. The molecule has 0 spiro atoms. The molecule has 4 N–H and O–H groups in total. The Kier molecular flexibility index (Phi) is 3.89. The lowest BCUT2D eigenvalue weighted by Gasteiger charge is -2.14. The highest BCUT2D eigenvalue weighted by molar-refractivity contribution is 5.78. The van der Waals surface area contributed by atoms with E-state index in [1.165, 1.54) is 0 Å². The van der Waals surface area contributed by atoms with Crippen LogP contribution in [0.3, 0.4) is 0 Å². The molecule has 0 radical (unpaired) electrons. The number of carbonyl (C=O) groups is 1. The molecule has 1 amide bonds. The second-order valence-electron chi connectivity index (χ2n) is 3.47. The summed E-state index contributed by atoms with van der Waals surface area (Å²) in [5, 5.41) is 8.61. The van der Waals surface area contributed by atoms with Gasteiger partial charge in [0, 0.05) is 0 Å². The normalized spacial score (nSPS) is 13.1. The number of alkyl halides is 3. The molecule has 0 aliphatic heterocycles. The zero-order valence-electron chi connectivity index (χ0n) is 9.21. The average Bonchev–Trinajstić information content (AvgIpc) is 2.25. The summed E-state index contributed by atoms with van der Waals surface area (Å²) in [6, 6.07) is 0. The number of aromatic nitrogens is 3. The molecular weight excluding hydrogens is 255 g/mol. The van der Waals surface area contributed by atoms with E-state index in [-0.39, 0.29) is 11.6 Å². The van der Waals surface area contributed by atoms with Gasteiger partial charge in [0.25, 0.3) is 5.56 Å². The van der Waals surface area contributed by atoms with E-state index >= 15 is 0 Å². The molecule has 1 unspecified atom stereocenters. The fourth-order valence-electron chi connectivity index (χ4n) is 0.961. The number of halogens is 3. The molecule has 10 heteroatoms. The monoisotopic (exact) mass is 265 g/mol. The van der Waals surface area contributed by atoms with Crippen LogP contribution < -0.4 is 16.6 Å². The average molecular weight is 265 g/mol. The molecule has 18 heavy (non-hydrogen) atoms. The van der Waals surface area contributed by atoms with Crippen molar-refractivity contribution in [3.8, 4) is 0 Å². The Hall–Kier alpha value is -2.13. The molecule has 0 aliphatic rings. The third-order valence-corrected chi connectivity index (χ3v) is 2.10. The number of amides is 1. The summed E-state index contributed by atoms with van der Waals surface area (Å²) in [4.78, 5) is 24.4. The third kappa shape index (κ3) is 3.43. The lowest BCUT2D eigenvalue weighted by atomic mass is 10.1. The van der Waals surface area contributed by atoms with Gasteiger partial charge in [0.2, 0.25) is 11.9 Å². The first-order valence-corrected chi connectivity index (χ1v) is 4.77. The van der Waals surface area contributed by atoms with Crippen LogP contribution >= 0.6 is 0 Å². The van der Waals surface area contributed by atoms with Crippen molar-refractivity contribution in [2.75, 3.05) is 5.73 Å². The van der Waals surface area contributed by atoms with Crippen LogP contribution in [-0.2, 0) is 11.3 Å². The van der Waals surface area contributed by atoms with Gasteiger partial charge in [-0.25, -0.2) is 0 Å². The van der Waals surface area contributed by atoms with Crippen LogP contribution in [0.2, 0.25) is 0 Å². The Morgan fingerprint density at radius 2 is 2.11 bits per heavy atom. The van der Waals surface area contributed by atoms with E-state index in [1.54, 1.807) is 0 Å². The van der Waals surface area contributed by atoms with Crippen LogP contribution in [0.15, 0.2) is 4.79 Å². The maximum atomic E-state index is 12.2. The van der Waals surface area contributed by atoms with Crippen LogP contribution in [0.4, 0.5) is 19.1 Å². The Balaban J connectivity index is 2.66. The van der Waals surface area contributed by atoms with Crippen molar-refractivity contribution in [2.24, 2.45) is 5.92 Å². The van der Waals surface area contributed by atoms with Crippen LogP contribution in [0.5, 0.6) is 0 Å². The van der Waals surface area contributed by atoms with E-state index in [1.807, 2.05) is 5.32 Å². The summed E-state index contributed by atoms with van der Waals surface area (Å²) < 4.78 is 36.6. The van der Waals surface area contributed by atoms with Crippen LogP contribution in [0.1, 0.15) is 12.6 Å².